The molecule has 0 atom stereocenters. The molecule has 4 nitrogen and oxygen atoms in total. The van der Waals surface area contributed by atoms with Crippen molar-refractivity contribution in [3.8, 4) is 0 Å². The Morgan fingerprint density at radius 2 is 2.00 bits per heavy atom. The molecule has 0 N–H and O–H groups in total. The molecule has 2 aromatic rings. The van der Waals surface area contributed by atoms with Gasteiger partial charge in [0.05, 0.1) is 11.1 Å². The number of nitrogens with zero attached hydrogens (tertiary/aromatic N) is 4. The molecule has 2 heterocycles. The van der Waals surface area contributed by atoms with E-state index in [4.69, 9.17) is 16.6 Å². The van der Waals surface area contributed by atoms with Gasteiger partial charge in [-0.15, -0.1) is 0 Å². The molecule has 0 spiro atoms. The van der Waals surface area contributed by atoms with Crippen LogP contribution in [0.2, 0.25) is 5.02 Å². The second-order valence-electron chi connectivity index (χ2n) is 6.77. The summed E-state index contributed by atoms with van der Waals surface area (Å²) in [6, 6.07) is 7.92. The van der Waals surface area contributed by atoms with E-state index in [0.29, 0.717) is 5.02 Å². The van der Waals surface area contributed by atoms with Crippen molar-refractivity contribution >= 4 is 40.6 Å². The SMILES string of the molecule is C=CC=C(CC)c1cc2cc(Cl)ccc2nc(N2CCN(C)CC2)c1=[N+]=C. The van der Waals surface area contributed by atoms with Crippen molar-refractivity contribution in [1.29, 1.82) is 0 Å². The van der Waals surface area contributed by atoms with Gasteiger partial charge in [0, 0.05) is 36.6 Å². The quantitative estimate of drug-likeness (QED) is 0.463. The molecule has 1 fully saturated rings. The molecule has 0 unspecified atom stereocenters. The maximum absolute atomic E-state index is 6.26. The number of halogens is 1. The maximum Gasteiger partial charge on any atom is 0.375 e. The van der Waals surface area contributed by atoms with Gasteiger partial charge < -0.3 is 9.80 Å². The fourth-order valence-electron chi connectivity index (χ4n) is 3.43. The average Bonchev–Trinajstić information content (AvgIpc) is 2.83. The molecule has 0 aliphatic carbocycles. The van der Waals surface area contributed by atoms with Gasteiger partial charge in [0.2, 0.25) is 5.82 Å². The summed E-state index contributed by atoms with van der Waals surface area (Å²) in [6.07, 6.45) is 4.72. The van der Waals surface area contributed by atoms with Crippen LogP contribution in [0, 0.1) is 0 Å². The number of hydrogen-bond donors (Lipinski definition) is 0. The van der Waals surface area contributed by atoms with E-state index in [9.17, 15) is 0 Å². The minimum atomic E-state index is 0.696. The zero-order valence-electron chi connectivity index (χ0n) is 16.1. The number of rotatable bonds is 4. The van der Waals surface area contributed by atoms with Gasteiger partial charge in [-0.05, 0) is 43.3 Å². The predicted molar refractivity (Wildman–Crippen MR) is 117 cm³/mol. The number of piperazine rings is 1. The summed E-state index contributed by atoms with van der Waals surface area (Å²) in [5.41, 5.74) is 3.09. The van der Waals surface area contributed by atoms with Crippen molar-refractivity contribution in [3.05, 3.63) is 58.9 Å². The van der Waals surface area contributed by atoms with Gasteiger partial charge in [-0.25, -0.2) is 4.98 Å². The standard InChI is InChI=1S/C22H26ClN4/c1-5-7-16(6-2)19-15-17-14-18(23)8-9-20(17)25-22(21(19)24-3)27-12-10-26(4)11-13-27/h5,7-9,14-15H,1,3,6,10-13H2,2,4H3/q+1. The van der Waals surface area contributed by atoms with E-state index in [1.54, 1.807) is 0 Å². The second-order valence-corrected chi connectivity index (χ2v) is 7.21. The van der Waals surface area contributed by atoms with Crippen LogP contribution in [0.3, 0.4) is 0 Å². The lowest BCUT2D eigenvalue weighted by Crippen LogP contribution is -2.46. The number of anilines is 1. The van der Waals surface area contributed by atoms with Crippen molar-refractivity contribution in [1.82, 2.24) is 14.6 Å². The molecule has 27 heavy (non-hydrogen) atoms. The number of allylic oxidation sites excluding steroid dienone is 3. The fourth-order valence-corrected chi connectivity index (χ4v) is 3.61. The molecule has 1 saturated heterocycles. The van der Waals surface area contributed by atoms with Crippen molar-refractivity contribution in [2.75, 3.05) is 38.1 Å². The summed E-state index contributed by atoms with van der Waals surface area (Å²) in [5.74, 6) is 0.883. The second kappa shape index (κ2) is 8.53. The van der Waals surface area contributed by atoms with Gasteiger partial charge in [0.25, 0.3) is 6.72 Å². The van der Waals surface area contributed by atoms with Crippen LogP contribution >= 0.6 is 11.6 Å². The largest absolute Gasteiger partial charge is 0.375 e. The normalized spacial score (nSPS) is 15.7. The topological polar surface area (TPSA) is 33.5 Å². The summed E-state index contributed by atoms with van der Waals surface area (Å²) >= 11 is 6.26. The van der Waals surface area contributed by atoms with Crippen LogP contribution in [0.25, 0.3) is 16.5 Å². The van der Waals surface area contributed by atoms with Crippen LogP contribution in [-0.2, 0) is 0 Å². The number of aromatic nitrogens is 1. The Hall–Kier alpha value is -2.39. The predicted octanol–water partition coefficient (Wildman–Crippen LogP) is 3.29. The van der Waals surface area contributed by atoms with E-state index in [-0.39, 0.29) is 0 Å². The molecule has 140 valence electrons. The number of fused-ring (bicyclic) bond motifs is 1. The number of benzene rings is 1. The monoisotopic (exact) mass is 381 g/mol. The minimum absolute atomic E-state index is 0.696. The molecule has 3 rings (SSSR count). The van der Waals surface area contributed by atoms with Crippen molar-refractivity contribution < 1.29 is 0 Å². The van der Waals surface area contributed by atoms with Crippen molar-refractivity contribution in [2.45, 2.75) is 13.3 Å². The number of hydrogen-bond acceptors (Lipinski definition) is 3. The highest BCUT2D eigenvalue weighted by Crippen LogP contribution is 2.24. The molecule has 1 aromatic carbocycles. The van der Waals surface area contributed by atoms with Crippen LogP contribution in [0.1, 0.15) is 18.9 Å². The Labute approximate surface area is 165 Å². The summed E-state index contributed by atoms with van der Waals surface area (Å²) in [7, 11) is 2.15. The lowest BCUT2D eigenvalue weighted by molar-refractivity contribution is 0.312. The van der Waals surface area contributed by atoms with Gasteiger partial charge in [-0.2, -0.15) is 0 Å². The lowest BCUT2D eigenvalue weighted by Gasteiger charge is -2.32. The molecular formula is C22H26ClN4+. The Morgan fingerprint density at radius 1 is 1.26 bits per heavy atom. The van der Waals surface area contributed by atoms with E-state index < -0.39 is 0 Å². The van der Waals surface area contributed by atoms with Crippen LogP contribution in [0.5, 0.6) is 0 Å². The van der Waals surface area contributed by atoms with E-state index in [0.717, 1.165) is 65.8 Å². The van der Waals surface area contributed by atoms with E-state index in [2.05, 4.69) is 47.8 Å². The first kappa shape index (κ1) is 19.4. The minimum Gasteiger partial charge on any atom is -0.347 e. The van der Waals surface area contributed by atoms with Crippen LogP contribution in [0.15, 0.2) is 43.0 Å². The first-order valence-electron chi connectivity index (χ1n) is 9.27. The molecule has 0 radical (unpaired) electrons. The van der Waals surface area contributed by atoms with Crippen molar-refractivity contribution in [3.63, 3.8) is 0 Å². The smallest absolute Gasteiger partial charge is 0.347 e. The Bertz CT molecular complexity index is 981. The Morgan fingerprint density at radius 3 is 2.63 bits per heavy atom. The highest BCUT2D eigenvalue weighted by atomic mass is 35.5. The highest BCUT2D eigenvalue weighted by Gasteiger charge is 2.23. The van der Waals surface area contributed by atoms with E-state index >= 15 is 0 Å². The molecule has 0 bridgehead atoms. The summed E-state index contributed by atoms with van der Waals surface area (Å²) in [4.78, 5) is 9.63. The zero-order chi connectivity index (χ0) is 19.4. The van der Waals surface area contributed by atoms with Crippen LogP contribution in [0.4, 0.5) is 5.82 Å². The van der Waals surface area contributed by atoms with E-state index in [1.165, 1.54) is 0 Å². The first-order valence-corrected chi connectivity index (χ1v) is 9.65. The van der Waals surface area contributed by atoms with Gasteiger partial charge >= 0.3 is 5.36 Å². The molecule has 1 aromatic heterocycles. The number of likely N-dealkylation sites (N-methyl/N-ethyl adjacent to an activating group) is 1. The van der Waals surface area contributed by atoms with E-state index in [1.807, 2.05) is 30.4 Å². The molecule has 0 amide bonds. The summed E-state index contributed by atoms with van der Waals surface area (Å²) in [6.45, 7) is 13.7. The third-order valence-electron chi connectivity index (χ3n) is 4.99. The highest BCUT2D eigenvalue weighted by molar-refractivity contribution is 6.31. The molecular weight excluding hydrogens is 356 g/mol. The first-order chi connectivity index (χ1) is 13.1. The van der Waals surface area contributed by atoms with Gasteiger partial charge in [-0.3, -0.25) is 0 Å². The van der Waals surface area contributed by atoms with Crippen LogP contribution in [-0.4, -0.2) is 49.8 Å². The molecule has 5 heteroatoms. The third-order valence-corrected chi connectivity index (χ3v) is 5.22. The fraction of sp³-hybridized carbons (Fsp3) is 0.318. The zero-order valence-corrected chi connectivity index (χ0v) is 16.8. The third kappa shape index (κ3) is 4.14. The average molecular weight is 382 g/mol. The van der Waals surface area contributed by atoms with Gasteiger partial charge in [-0.1, -0.05) is 41.9 Å². The molecule has 0 saturated carbocycles. The molecule has 1 aliphatic rings. The Kier molecular flexibility index (Phi) is 6.12. The van der Waals surface area contributed by atoms with Gasteiger partial charge in [0.15, 0.2) is 0 Å². The Balaban J connectivity index is 2.37. The summed E-state index contributed by atoms with van der Waals surface area (Å²) < 4.78 is 4.43. The van der Waals surface area contributed by atoms with Gasteiger partial charge in [0.1, 0.15) is 0 Å². The summed E-state index contributed by atoms with van der Waals surface area (Å²) in [5, 5.41) is 2.51. The lowest BCUT2D eigenvalue weighted by atomic mass is 10.0. The van der Waals surface area contributed by atoms with Crippen molar-refractivity contribution in [2.24, 2.45) is 0 Å². The van der Waals surface area contributed by atoms with Crippen LogP contribution < -0.4 is 14.9 Å². The molecule has 1 aliphatic heterocycles. The maximum atomic E-state index is 6.26.